The molecule has 1 atom stereocenters. The molecule has 0 heterocycles. The first-order chi connectivity index (χ1) is 8.40. The number of methoxy groups -OCH3 is 2. The van der Waals surface area contributed by atoms with Crippen molar-refractivity contribution in [3.05, 3.63) is 22.7 Å². The van der Waals surface area contributed by atoms with Crippen molar-refractivity contribution in [1.82, 2.24) is 4.72 Å². The predicted octanol–water partition coefficient (Wildman–Crippen LogP) is 1.77. The molecule has 1 aromatic rings. The zero-order chi connectivity index (χ0) is 13.8. The standard InChI is InChI=1S/C11H16BrNO4S/c1-8(7-16-2)13-18(14,15)11-6-9(12)4-5-10(11)17-3/h4-6,8,13H,7H2,1-3H3. The Labute approximate surface area is 116 Å². The average molecular weight is 338 g/mol. The van der Waals surface area contributed by atoms with Gasteiger partial charge in [-0.15, -0.1) is 0 Å². The van der Waals surface area contributed by atoms with E-state index in [1.54, 1.807) is 19.1 Å². The van der Waals surface area contributed by atoms with E-state index >= 15 is 0 Å². The predicted molar refractivity (Wildman–Crippen MR) is 72.4 cm³/mol. The van der Waals surface area contributed by atoms with Crippen LogP contribution in [0.3, 0.4) is 0 Å². The lowest BCUT2D eigenvalue weighted by molar-refractivity contribution is 0.180. The summed E-state index contributed by atoms with van der Waals surface area (Å²) in [6, 6.07) is 4.50. The monoisotopic (exact) mass is 337 g/mol. The van der Waals surface area contributed by atoms with E-state index in [4.69, 9.17) is 9.47 Å². The molecule has 0 aromatic heterocycles. The second kappa shape index (κ2) is 6.51. The van der Waals surface area contributed by atoms with Crippen LogP contribution in [-0.2, 0) is 14.8 Å². The Kier molecular flexibility index (Phi) is 5.58. The maximum absolute atomic E-state index is 12.2. The first-order valence-electron chi connectivity index (χ1n) is 5.25. The minimum Gasteiger partial charge on any atom is -0.495 e. The molecular weight excluding hydrogens is 322 g/mol. The fraction of sp³-hybridized carbons (Fsp3) is 0.455. The third-order valence-corrected chi connectivity index (χ3v) is 4.29. The largest absolute Gasteiger partial charge is 0.495 e. The van der Waals surface area contributed by atoms with E-state index in [0.29, 0.717) is 16.8 Å². The van der Waals surface area contributed by atoms with Gasteiger partial charge in [0.2, 0.25) is 10.0 Å². The van der Waals surface area contributed by atoms with Crippen LogP contribution in [-0.4, -0.2) is 35.3 Å². The zero-order valence-corrected chi connectivity index (χ0v) is 12.8. The Bertz CT molecular complexity index is 504. The molecule has 0 fully saturated rings. The summed E-state index contributed by atoms with van der Waals surface area (Å²) in [7, 11) is -0.682. The smallest absolute Gasteiger partial charge is 0.244 e. The van der Waals surface area contributed by atoms with Crippen LogP contribution in [0.15, 0.2) is 27.6 Å². The third-order valence-electron chi connectivity index (χ3n) is 2.19. The Balaban J connectivity index is 3.07. The highest BCUT2D eigenvalue weighted by molar-refractivity contribution is 9.10. The summed E-state index contributed by atoms with van der Waals surface area (Å²) in [6.45, 7) is 2.03. The molecule has 0 saturated carbocycles. The Morgan fingerprint density at radius 2 is 2.06 bits per heavy atom. The number of hydrogen-bond donors (Lipinski definition) is 1. The summed E-state index contributed by atoms with van der Waals surface area (Å²) < 4.78 is 37.5. The van der Waals surface area contributed by atoms with Gasteiger partial charge in [0.1, 0.15) is 10.6 Å². The maximum Gasteiger partial charge on any atom is 0.244 e. The molecule has 1 unspecified atom stereocenters. The number of nitrogens with one attached hydrogen (secondary N) is 1. The van der Waals surface area contributed by atoms with Crippen molar-refractivity contribution in [2.24, 2.45) is 0 Å². The third kappa shape index (κ3) is 3.94. The number of ether oxygens (including phenoxy) is 2. The van der Waals surface area contributed by atoms with Gasteiger partial charge in [-0.2, -0.15) is 0 Å². The first-order valence-corrected chi connectivity index (χ1v) is 7.53. The van der Waals surface area contributed by atoms with Crippen LogP contribution in [0.5, 0.6) is 5.75 Å². The SMILES string of the molecule is COCC(C)NS(=O)(=O)c1cc(Br)ccc1OC. The molecule has 1 rings (SSSR count). The van der Waals surface area contributed by atoms with Crippen molar-refractivity contribution in [3.8, 4) is 5.75 Å². The van der Waals surface area contributed by atoms with E-state index in [1.807, 2.05) is 0 Å². The lowest BCUT2D eigenvalue weighted by atomic mass is 10.3. The van der Waals surface area contributed by atoms with Gasteiger partial charge in [0.05, 0.1) is 13.7 Å². The van der Waals surface area contributed by atoms with E-state index in [0.717, 1.165) is 0 Å². The van der Waals surface area contributed by atoms with Crippen molar-refractivity contribution in [1.29, 1.82) is 0 Å². The number of sulfonamides is 1. The molecule has 1 aromatic carbocycles. The van der Waals surface area contributed by atoms with E-state index in [1.165, 1.54) is 20.3 Å². The maximum atomic E-state index is 12.2. The Morgan fingerprint density at radius 1 is 1.39 bits per heavy atom. The quantitative estimate of drug-likeness (QED) is 0.859. The van der Waals surface area contributed by atoms with Gasteiger partial charge in [-0.3, -0.25) is 0 Å². The van der Waals surface area contributed by atoms with E-state index in [-0.39, 0.29) is 10.9 Å². The highest BCUT2D eigenvalue weighted by Gasteiger charge is 2.21. The van der Waals surface area contributed by atoms with Crippen molar-refractivity contribution in [2.75, 3.05) is 20.8 Å². The summed E-state index contributed by atoms with van der Waals surface area (Å²) in [5, 5.41) is 0. The van der Waals surface area contributed by atoms with Crippen LogP contribution >= 0.6 is 15.9 Å². The van der Waals surface area contributed by atoms with Crippen LogP contribution in [0.2, 0.25) is 0 Å². The van der Waals surface area contributed by atoms with Crippen LogP contribution in [0, 0.1) is 0 Å². The van der Waals surface area contributed by atoms with Gasteiger partial charge in [-0.1, -0.05) is 15.9 Å². The Hall–Kier alpha value is -0.630. The van der Waals surface area contributed by atoms with E-state index in [2.05, 4.69) is 20.7 Å². The van der Waals surface area contributed by atoms with Crippen LogP contribution in [0.4, 0.5) is 0 Å². The number of rotatable bonds is 6. The molecule has 0 spiro atoms. The van der Waals surface area contributed by atoms with E-state index in [9.17, 15) is 8.42 Å². The van der Waals surface area contributed by atoms with Crippen molar-refractivity contribution >= 4 is 26.0 Å². The minimum absolute atomic E-state index is 0.0994. The molecule has 0 aliphatic carbocycles. The second-order valence-corrected chi connectivity index (χ2v) is 6.37. The molecular formula is C11H16BrNO4S. The van der Waals surface area contributed by atoms with Crippen molar-refractivity contribution < 1.29 is 17.9 Å². The molecule has 0 saturated heterocycles. The normalized spacial score (nSPS) is 13.3. The van der Waals surface area contributed by atoms with E-state index < -0.39 is 10.0 Å². The molecule has 0 aliphatic rings. The number of hydrogen-bond acceptors (Lipinski definition) is 4. The summed E-state index contributed by atoms with van der Waals surface area (Å²) in [5.41, 5.74) is 0. The summed E-state index contributed by atoms with van der Waals surface area (Å²) in [6.07, 6.45) is 0. The zero-order valence-electron chi connectivity index (χ0n) is 10.4. The topological polar surface area (TPSA) is 64.6 Å². The minimum atomic E-state index is -3.63. The summed E-state index contributed by atoms with van der Waals surface area (Å²) >= 11 is 3.24. The van der Waals surface area contributed by atoms with Gasteiger partial charge >= 0.3 is 0 Å². The van der Waals surface area contributed by atoms with Crippen molar-refractivity contribution in [2.45, 2.75) is 17.9 Å². The summed E-state index contributed by atoms with van der Waals surface area (Å²) in [5.74, 6) is 0.301. The molecule has 7 heteroatoms. The van der Waals surface area contributed by atoms with Crippen molar-refractivity contribution in [3.63, 3.8) is 0 Å². The molecule has 18 heavy (non-hydrogen) atoms. The van der Waals surface area contributed by atoms with Crippen LogP contribution in [0.1, 0.15) is 6.92 Å². The molecule has 1 N–H and O–H groups in total. The Morgan fingerprint density at radius 3 is 2.61 bits per heavy atom. The first kappa shape index (κ1) is 15.4. The van der Waals surface area contributed by atoms with Crippen LogP contribution in [0.25, 0.3) is 0 Å². The van der Waals surface area contributed by atoms with Gasteiger partial charge in [-0.25, -0.2) is 13.1 Å². The van der Waals surface area contributed by atoms with Gasteiger partial charge < -0.3 is 9.47 Å². The summed E-state index contributed by atoms with van der Waals surface area (Å²) in [4.78, 5) is 0.0994. The number of halogens is 1. The second-order valence-electron chi connectivity index (χ2n) is 3.77. The fourth-order valence-corrected chi connectivity index (χ4v) is 3.41. The van der Waals surface area contributed by atoms with Crippen LogP contribution < -0.4 is 9.46 Å². The number of benzene rings is 1. The van der Waals surface area contributed by atoms with Gasteiger partial charge in [0.15, 0.2) is 0 Å². The average Bonchev–Trinajstić information content (AvgIpc) is 2.28. The molecule has 0 aliphatic heterocycles. The highest BCUT2D eigenvalue weighted by atomic mass is 79.9. The van der Waals surface area contributed by atoms with Gasteiger partial charge in [0, 0.05) is 17.6 Å². The lowest BCUT2D eigenvalue weighted by Crippen LogP contribution is -2.35. The van der Waals surface area contributed by atoms with Gasteiger partial charge in [0.25, 0.3) is 0 Å². The van der Waals surface area contributed by atoms with Gasteiger partial charge in [-0.05, 0) is 25.1 Å². The molecule has 0 radical (unpaired) electrons. The lowest BCUT2D eigenvalue weighted by Gasteiger charge is -2.15. The molecule has 0 bridgehead atoms. The highest BCUT2D eigenvalue weighted by Crippen LogP contribution is 2.27. The fourth-order valence-electron chi connectivity index (χ4n) is 1.47. The molecule has 102 valence electrons. The molecule has 5 nitrogen and oxygen atoms in total. The molecule has 0 amide bonds.